The first kappa shape index (κ1) is 13.6. The molecular weight excluding hydrogens is 252 g/mol. The Hall–Kier alpha value is -1.39. The average Bonchev–Trinajstić information content (AvgIpc) is 2.47. The first-order valence-corrected chi connectivity index (χ1v) is 7.51. The molecule has 3 rings (SSSR count). The zero-order chi connectivity index (χ0) is 13.9. The van der Waals surface area contributed by atoms with Crippen LogP contribution in [0.5, 0.6) is 0 Å². The summed E-state index contributed by atoms with van der Waals surface area (Å²) in [7, 11) is 0. The van der Waals surface area contributed by atoms with Crippen LogP contribution in [-0.2, 0) is 16.0 Å². The smallest absolute Gasteiger partial charge is 0.224 e. The van der Waals surface area contributed by atoms with E-state index in [2.05, 4.69) is 29.7 Å². The normalized spacial score (nSPS) is 21.1. The number of rotatable bonds is 3. The highest BCUT2D eigenvalue weighted by Gasteiger charge is 2.20. The number of piperidine rings is 1. The molecule has 2 aliphatic rings. The van der Waals surface area contributed by atoms with Gasteiger partial charge in [0.15, 0.2) is 0 Å². The van der Waals surface area contributed by atoms with E-state index in [-0.39, 0.29) is 12.0 Å². The van der Waals surface area contributed by atoms with Gasteiger partial charge < -0.3 is 15.4 Å². The Morgan fingerprint density at radius 3 is 2.85 bits per heavy atom. The number of carbonyl (C=O) groups excluding carboxylic acids is 1. The molecule has 1 atom stereocenters. The van der Waals surface area contributed by atoms with E-state index in [4.69, 9.17) is 4.74 Å². The Kier molecular flexibility index (Phi) is 4.03. The van der Waals surface area contributed by atoms with Gasteiger partial charge in [-0.15, -0.1) is 0 Å². The van der Waals surface area contributed by atoms with E-state index in [1.807, 2.05) is 6.07 Å². The zero-order valence-electron chi connectivity index (χ0n) is 11.9. The lowest BCUT2D eigenvalue weighted by Crippen LogP contribution is -2.33. The number of amides is 1. The SMILES string of the molecule is CC(OC1CCNCC1)c1ccc2c(c1)CCC(=O)N2. The number of fused-ring (bicyclic) bond motifs is 1. The fourth-order valence-corrected chi connectivity index (χ4v) is 2.95. The minimum Gasteiger partial charge on any atom is -0.370 e. The molecule has 20 heavy (non-hydrogen) atoms. The van der Waals surface area contributed by atoms with Crippen molar-refractivity contribution in [1.82, 2.24) is 5.32 Å². The minimum absolute atomic E-state index is 0.112. The molecule has 1 amide bonds. The van der Waals surface area contributed by atoms with Crippen LogP contribution in [0, 0.1) is 0 Å². The van der Waals surface area contributed by atoms with Gasteiger partial charge in [-0.3, -0.25) is 4.79 Å². The van der Waals surface area contributed by atoms with Gasteiger partial charge >= 0.3 is 0 Å². The molecule has 2 aliphatic heterocycles. The molecule has 4 heteroatoms. The zero-order valence-corrected chi connectivity index (χ0v) is 11.9. The number of ether oxygens (including phenoxy) is 1. The summed E-state index contributed by atoms with van der Waals surface area (Å²) in [6, 6.07) is 6.25. The third-order valence-electron chi connectivity index (χ3n) is 4.18. The molecule has 2 N–H and O–H groups in total. The van der Waals surface area contributed by atoms with Gasteiger partial charge in [-0.05, 0) is 56.5 Å². The van der Waals surface area contributed by atoms with E-state index in [0.717, 1.165) is 38.0 Å². The van der Waals surface area contributed by atoms with Gasteiger partial charge in [0.25, 0.3) is 0 Å². The van der Waals surface area contributed by atoms with Gasteiger partial charge in [0.2, 0.25) is 5.91 Å². The van der Waals surface area contributed by atoms with Crippen molar-refractivity contribution in [2.45, 2.75) is 44.8 Å². The molecule has 0 radical (unpaired) electrons. The molecule has 108 valence electrons. The molecule has 2 heterocycles. The molecule has 1 fully saturated rings. The highest BCUT2D eigenvalue weighted by atomic mass is 16.5. The number of aryl methyl sites for hydroxylation is 1. The van der Waals surface area contributed by atoms with Crippen LogP contribution in [0.25, 0.3) is 0 Å². The Morgan fingerprint density at radius 2 is 2.05 bits per heavy atom. The van der Waals surface area contributed by atoms with Crippen molar-refractivity contribution in [3.63, 3.8) is 0 Å². The van der Waals surface area contributed by atoms with Crippen LogP contribution < -0.4 is 10.6 Å². The average molecular weight is 274 g/mol. The van der Waals surface area contributed by atoms with Crippen LogP contribution >= 0.6 is 0 Å². The molecule has 1 aromatic rings. The summed E-state index contributed by atoms with van der Waals surface area (Å²) in [4.78, 5) is 11.4. The van der Waals surface area contributed by atoms with Crippen LogP contribution in [0.2, 0.25) is 0 Å². The maximum atomic E-state index is 11.4. The van der Waals surface area contributed by atoms with Gasteiger partial charge in [0.1, 0.15) is 0 Å². The molecule has 1 aromatic carbocycles. The second-order valence-electron chi connectivity index (χ2n) is 5.69. The Balaban J connectivity index is 1.68. The number of carbonyl (C=O) groups is 1. The number of benzene rings is 1. The van der Waals surface area contributed by atoms with Crippen LogP contribution in [0.3, 0.4) is 0 Å². The van der Waals surface area contributed by atoms with Crippen molar-refractivity contribution in [3.8, 4) is 0 Å². The Labute approximate surface area is 119 Å². The quantitative estimate of drug-likeness (QED) is 0.890. The third kappa shape index (κ3) is 3.02. The highest BCUT2D eigenvalue weighted by Crippen LogP contribution is 2.28. The summed E-state index contributed by atoms with van der Waals surface area (Å²) in [6.45, 7) is 4.21. The van der Waals surface area contributed by atoms with Gasteiger partial charge in [-0.2, -0.15) is 0 Å². The third-order valence-corrected chi connectivity index (χ3v) is 4.18. The summed E-state index contributed by atoms with van der Waals surface area (Å²) in [6.07, 6.45) is 4.06. The molecule has 0 aliphatic carbocycles. The summed E-state index contributed by atoms with van der Waals surface area (Å²) < 4.78 is 6.16. The maximum Gasteiger partial charge on any atom is 0.224 e. The van der Waals surface area contributed by atoms with Gasteiger partial charge in [-0.25, -0.2) is 0 Å². The second kappa shape index (κ2) is 5.94. The number of hydrogen-bond acceptors (Lipinski definition) is 3. The van der Waals surface area contributed by atoms with Crippen LogP contribution in [-0.4, -0.2) is 25.1 Å². The van der Waals surface area contributed by atoms with Crippen molar-refractivity contribution in [2.75, 3.05) is 18.4 Å². The van der Waals surface area contributed by atoms with Gasteiger partial charge in [-0.1, -0.05) is 12.1 Å². The van der Waals surface area contributed by atoms with Crippen molar-refractivity contribution in [3.05, 3.63) is 29.3 Å². The number of nitrogens with one attached hydrogen (secondary N) is 2. The maximum absolute atomic E-state index is 11.4. The summed E-state index contributed by atoms with van der Waals surface area (Å²) in [5.74, 6) is 0.115. The standard InChI is InChI=1S/C16H22N2O2/c1-11(20-14-6-8-17-9-7-14)12-2-4-15-13(10-12)3-5-16(19)18-15/h2,4,10-11,14,17H,3,5-9H2,1H3,(H,18,19). The van der Waals surface area contributed by atoms with Crippen LogP contribution in [0.15, 0.2) is 18.2 Å². The second-order valence-corrected chi connectivity index (χ2v) is 5.69. The predicted molar refractivity (Wildman–Crippen MR) is 78.8 cm³/mol. The number of anilines is 1. The molecule has 1 unspecified atom stereocenters. The number of hydrogen-bond donors (Lipinski definition) is 2. The van der Waals surface area contributed by atoms with E-state index in [1.165, 1.54) is 11.1 Å². The fourth-order valence-electron chi connectivity index (χ4n) is 2.95. The van der Waals surface area contributed by atoms with E-state index in [1.54, 1.807) is 0 Å². The monoisotopic (exact) mass is 274 g/mol. The molecule has 1 saturated heterocycles. The summed E-state index contributed by atoms with van der Waals surface area (Å²) in [5, 5.41) is 6.27. The molecule has 0 bridgehead atoms. The van der Waals surface area contributed by atoms with E-state index in [0.29, 0.717) is 12.5 Å². The molecular formula is C16H22N2O2. The largest absolute Gasteiger partial charge is 0.370 e. The first-order valence-electron chi connectivity index (χ1n) is 7.51. The first-order chi connectivity index (χ1) is 9.72. The van der Waals surface area contributed by atoms with Gasteiger partial charge in [0, 0.05) is 12.1 Å². The molecule has 0 aromatic heterocycles. The van der Waals surface area contributed by atoms with Crippen LogP contribution in [0.4, 0.5) is 5.69 Å². The lowest BCUT2D eigenvalue weighted by Gasteiger charge is -2.27. The van der Waals surface area contributed by atoms with Crippen molar-refractivity contribution < 1.29 is 9.53 Å². The van der Waals surface area contributed by atoms with Crippen molar-refractivity contribution >= 4 is 11.6 Å². The van der Waals surface area contributed by atoms with Crippen molar-refractivity contribution in [2.24, 2.45) is 0 Å². The van der Waals surface area contributed by atoms with Gasteiger partial charge in [0.05, 0.1) is 12.2 Å². The topological polar surface area (TPSA) is 50.4 Å². The van der Waals surface area contributed by atoms with E-state index >= 15 is 0 Å². The van der Waals surface area contributed by atoms with E-state index < -0.39 is 0 Å². The predicted octanol–water partition coefficient (Wildman–Crippen LogP) is 2.40. The minimum atomic E-state index is 0.112. The highest BCUT2D eigenvalue weighted by molar-refractivity contribution is 5.93. The fraction of sp³-hybridized carbons (Fsp3) is 0.562. The summed E-state index contributed by atoms with van der Waals surface area (Å²) in [5.41, 5.74) is 3.39. The molecule has 0 saturated carbocycles. The lowest BCUT2D eigenvalue weighted by atomic mass is 9.98. The Bertz CT molecular complexity index is 495. The molecule has 0 spiro atoms. The Morgan fingerprint density at radius 1 is 1.25 bits per heavy atom. The van der Waals surface area contributed by atoms with E-state index in [9.17, 15) is 4.79 Å². The summed E-state index contributed by atoms with van der Waals surface area (Å²) >= 11 is 0. The lowest BCUT2D eigenvalue weighted by molar-refractivity contribution is -0.116. The van der Waals surface area contributed by atoms with Crippen LogP contribution in [0.1, 0.15) is 43.4 Å². The molecule has 4 nitrogen and oxygen atoms in total. The van der Waals surface area contributed by atoms with Crippen molar-refractivity contribution in [1.29, 1.82) is 0 Å².